The van der Waals surface area contributed by atoms with E-state index in [1.54, 1.807) is 22.9 Å². The first kappa shape index (κ1) is 16.4. The maximum Gasteiger partial charge on any atom is 0.224 e. The number of nitrogens with zero attached hydrogens (tertiary/aromatic N) is 4. The van der Waals surface area contributed by atoms with Gasteiger partial charge in [-0.05, 0) is 35.0 Å². The van der Waals surface area contributed by atoms with Crippen LogP contribution in [-0.2, 0) is 16.1 Å². The highest BCUT2D eigenvalue weighted by Gasteiger charge is 2.09. The highest BCUT2D eigenvalue weighted by atomic mass is 16.5. The molecule has 0 atom stereocenters. The quantitative estimate of drug-likeness (QED) is 0.789. The summed E-state index contributed by atoms with van der Waals surface area (Å²) in [6, 6.07) is 5.04. The molecule has 0 aliphatic heterocycles. The number of tetrazole rings is 1. The molecular weight excluding hydrogens is 300 g/mol. The SMILES string of the molecule is COc1ccc(NC(C)=O)cc1NC(=O)CCCn1cnnn1. The fourth-order valence-corrected chi connectivity index (χ4v) is 1.98. The van der Waals surface area contributed by atoms with Crippen molar-refractivity contribution < 1.29 is 14.3 Å². The lowest BCUT2D eigenvalue weighted by Crippen LogP contribution is -2.14. The smallest absolute Gasteiger partial charge is 0.224 e. The first-order chi connectivity index (χ1) is 11.1. The van der Waals surface area contributed by atoms with Crippen LogP contribution in [0.25, 0.3) is 0 Å². The molecule has 23 heavy (non-hydrogen) atoms. The zero-order valence-electron chi connectivity index (χ0n) is 12.9. The maximum atomic E-state index is 12.0. The Labute approximate surface area is 133 Å². The summed E-state index contributed by atoms with van der Waals surface area (Å²) in [6.45, 7) is 1.98. The van der Waals surface area contributed by atoms with E-state index >= 15 is 0 Å². The Kier molecular flexibility index (Phi) is 5.61. The Morgan fingerprint density at radius 3 is 2.78 bits per heavy atom. The predicted molar refractivity (Wildman–Crippen MR) is 83.0 cm³/mol. The first-order valence-electron chi connectivity index (χ1n) is 7.04. The number of aromatic nitrogens is 4. The van der Waals surface area contributed by atoms with E-state index in [9.17, 15) is 9.59 Å². The number of aryl methyl sites for hydroxylation is 1. The largest absolute Gasteiger partial charge is 0.495 e. The molecule has 2 N–H and O–H groups in total. The van der Waals surface area contributed by atoms with E-state index in [0.717, 1.165) is 0 Å². The van der Waals surface area contributed by atoms with Gasteiger partial charge in [-0.1, -0.05) is 0 Å². The topological polar surface area (TPSA) is 111 Å². The van der Waals surface area contributed by atoms with Crippen molar-refractivity contribution in [2.24, 2.45) is 0 Å². The van der Waals surface area contributed by atoms with E-state index in [2.05, 4.69) is 26.2 Å². The van der Waals surface area contributed by atoms with Gasteiger partial charge >= 0.3 is 0 Å². The third kappa shape index (κ3) is 5.06. The molecule has 122 valence electrons. The average Bonchev–Trinajstić information content (AvgIpc) is 3.00. The fraction of sp³-hybridized carbons (Fsp3) is 0.357. The van der Waals surface area contributed by atoms with Gasteiger partial charge in [-0.2, -0.15) is 0 Å². The van der Waals surface area contributed by atoms with Gasteiger partial charge in [-0.15, -0.1) is 5.10 Å². The molecule has 9 heteroatoms. The van der Waals surface area contributed by atoms with Gasteiger partial charge in [0, 0.05) is 25.6 Å². The molecule has 0 fully saturated rings. The summed E-state index contributed by atoms with van der Waals surface area (Å²) in [7, 11) is 1.51. The number of anilines is 2. The predicted octanol–water partition coefficient (Wildman–Crippen LogP) is 1.06. The normalized spacial score (nSPS) is 10.2. The van der Waals surface area contributed by atoms with Crippen LogP contribution in [-0.4, -0.2) is 39.1 Å². The Balaban J connectivity index is 1.93. The average molecular weight is 318 g/mol. The van der Waals surface area contributed by atoms with E-state index in [-0.39, 0.29) is 11.8 Å². The van der Waals surface area contributed by atoms with Crippen molar-refractivity contribution in [3.63, 3.8) is 0 Å². The summed E-state index contributed by atoms with van der Waals surface area (Å²) in [5, 5.41) is 16.2. The molecule has 0 aliphatic rings. The number of rotatable bonds is 7. The number of amides is 2. The molecule has 0 unspecified atom stereocenters. The molecule has 2 amide bonds. The van der Waals surface area contributed by atoms with Crippen molar-refractivity contribution in [3.8, 4) is 5.75 Å². The number of nitrogens with one attached hydrogen (secondary N) is 2. The Morgan fingerprint density at radius 1 is 1.30 bits per heavy atom. The lowest BCUT2D eigenvalue weighted by molar-refractivity contribution is -0.116. The molecule has 1 heterocycles. The number of hydrogen-bond donors (Lipinski definition) is 2. The zero-order valence-corrected chi connectivity index (χ0v) is 12.9. The van der Waals surface area contributed by atoms with Crippen LogP contribution in [0.3, 0.4) is 0 Å². The minimum atomic E-state index is -0.186. The van der Waals surface area contributed by atoms with Crippen LogP contribution in [0.15, 0.2) is 24.5 Å². The van der Waals surface area contributed by atoms with Gasteiger partial charge in [-0.25, -0.2) is 4.68 Å². The van der Waals surface area contributed by atoms with Crippen molar-refractivity contribution in [3.05, 3.63) is 24.5 Å². The third-order valence-corrected chi connectivity index (χ3v) is 2.98. The summed E-state index contributed by atoms with van der Waals surface area (Å²) in [5.41, 5.74) is 1.09. The van der Waals surface area contributed by atoms with Crippen molar-refractivity contribution in [2.45, 2.75) is 26.3 Å². The van der Waals surface area contributed by atoms with E-state index in [1.807, 2.05) is 0 Å². The molecule has 0 saturated heterocycles. The molecule has 2 rings (SSSR count). The van der Waals surface area contributed by atoms with E-state index in [1.165, 1.54) is 20.4 Å². The fourth-order valence-electron chi connectivity index (χ4n) is 1.98. The Hall–Kier alpha value is -2.97. The van der Waals surface area contributed by atoms with Crippen LogP contribution in [0.5, 0.6) is 5.75 Å². The number of benzene rings is 1. The van der Waals surface area contributed by atoms with Crippen LogP contribution in [0.2, 0.25) is 0 Å². The Bertz CT molecular complexity index is 671. The lowest BCUT2D eigenvalue weighted by atomic mass is 10.2. The minimum Gasteiger partial charge on any atom is -0.495 e. The molecular formula is C14H18N6O3. The van der Waals surface area contributed by atoms with E-state index in [4.69, 9.17) is 4.74 Å². The van der Waals surface area contributed by atoms with E-state index < -0.39 is 0 Å². The molecule has 2 aromatic rings. The lowest BCUT2D eigenvalue weighted by Gasteiger charge is -2.12. The van der Waals surface area contributed by atoms with Crippen LogP contribution in [0, 0.1) is 0 Å². The highest BCUT2D eigenvalue weighted by molar-refractivity contribution is 5.94. The minimum absolute atomic E-state index is 0.156. The number of hydrogen-bond acceptors (Lipinski definition) is 6. The number of carbonyl (C=O) groups is 2. The molecule has 0 spiro atoms. The van der Waals surface area contributed by atoms with Gasteiger partial charge in [0.25, 0.3) is 0 Å². The molecule has 0 saturated carbocycles. The van der Waals surface area contributed by atoms with Crippen LogP contribution in [0.4, 0.5) is 11.4 Å². The molecule has 0 bridgehead atoms. The van der Waals surface area contributed by atoms with Crippen LogP contribution < -0.4 is 15.4 Å². The summed E-state index contributed by atoms with van der Waals surface area (Å²) in [6.07, 6.45) is 2.41. The molecule has 9 nitrogen and oxygen atoms in total. The summed E-state index contributed by atoms with van der Waals surface area (Å²) in [5.74, 6) is 0.179. The second kappa shape index (κ2) is 7.87. The molecule has 1 aromatic carbocycles. The monoisotopic (exact) mass is 318 g/mol. The van der Waals surface area contributed by atoms with Gasteiger partial charge in [0.15, 0.2) is 0 Å². The van der Waals surface area contributed by atoms with Gasteiger partial charge in [0.2, 0.25) is 11.8 Å². The molecule has 0 radical (unpaired) electrons. The Morgan fingerprint density at radius 2 is 2.13 bits per heavy atom. The van der Waals surface area contributed by atoms with E-state index in [0.29, 0.717) is 36.5 Å². The third-order valence-electron chi connectivity index (χ3n) is 2.98. The van der Waals surface area contributed by atoms with Crippen molar-refractivity contribution in [1.82, 2.24) is 20.2 Å². The number of carbonyl (C=O) groups excluding carboxylic acids is 2. The zero-order chi connectivity index (χ0) is 16.7. The second-order valence-electron chi connectivity index (χ2n) is 4.82. The van der Waals surface area contributed by atoms with Crippen molar-refractivity contribution in [2.75, 3.05) is 17.7 Å². The van der Waals surface area contributed by atoms with Crippen molar-refractivity contribution >= 4 is 23.2 Å². The second-order valence-corrected chi connectivity index (χ2v) is 4.82. The van der Waals surface area contributed by atoms with Gasteiger partial charge in [0.05, 0.1) is 12.8 Å². The maximum absolute atomic E-state index is 12.0. The van der Waals surface area contributed by atoms with Crippen molar-refractivity contribution in [1.29, 1.82) is 0 Å². The molecule has 1 aromatic heterocycles. The summed E-state index contributed by atoms with van der Waals surface area (Å²) in [4.78, 5) is 23.1. The molecule has 0 aliphatic carbocycles. The first-order valence-corrected chi connectivity index (χ1v) is 7.04. The highest BCUT2D eigenvalue weighted by Crippen LogP contribution is 2.28. The van der Waals surface area contributed by atoms with Crippen LogP contribution >= 0.6 is 0 Å². The standard InChI is InChI=1S/C14H18N6O3/c1-10(21)16-11-5-6-13(23-2)12(8-11)17-14(22)4-3-7-20-9-15-18-19-20/h5-6,8-9H,3-4,7H2,1-2H3,(H,16,21)(H,17,22). The number of methoxy groups -OCH3 is 1. The van der Waals surface area contributed by atoms with Gasteiger partial charge in [-0.3, -0.25) is 9.59 Å². The summed E-state index contributed by atoms with van der Waals surface area (Å²) < 4.78 is 6.77. The summed E-state index contributed by atoms with van der Waals surface area (Å²) >= 11 is 0. The van der Waals surface area contributed by atoms with Crippen LogP contribution in [0.1, 0.15) is 19.8 Å². The number of ether oxygens (including phenoxy) is 1. The van der Waals surface area contributed by atoms with Gasteiger partial charge < -0.3 is 15.4 Å². The van der Waals surface area contributed by atoms with Gasteiger partial charge in [0.1, 0.15) is 12.1 Å².